The summed E-state index contributed by atoms with van der Waals surface area (Å²) in [6.45, 7) is 20.7. The van der Waals surface area contributed by atoms with Gasteiger partial charge in [-0.25, -0.2) is 0 Å². The van der Waals surface area contributed by atoms with E-state index in [9.17, 15) is 0 Å². The van der Waals surface area contributed by atoms with E-state index < -0.39 is 18.6 Å². The maximum absolute atomic E-state index is 6.13. The third-order valence-electron chi connectivity index (χ3n) is 6.54. The van der Waals surface area contributed by atoms with Crippen LogP contribution >= 0.6 is 21.6 Å². The summed E-state index contributed by atoms with van der Waals surface area (Å²) in [4.78, 5) is 0. The fourth-order valence-electron chi connectivity index (χ4n) is 4.13. The van der Waals surface area contributed by atoms with Gasteiger partial charge in [-0.15, -0.1) is 0 Å². The summed E-state index contributed by atoms with van der Waals surface area (Å²) in [6, 6.07) is 0. The van der Waals surface area contributed by atoms with Gasteiger partial charge in [-0.05, 0) is 66.2 Å². The van der Waals surface area contributed by atoms with Crippen molar-refractivity contribution >= 4 is 40.2 Å². The van der Waals surface area contributed by atoms with Gasteiger partial charge < -0.3 is 17.7 Å². The van der Waals surface area contributed by atoms with Crippen LogP contribution in [0.25, 0.3) is 0 Å². The van der Waals surface area contributed by atoms with Crippen molar-refractivity contribution in [3.05, 3.63) is 0 Å². The van der Waals surface area contributed by atoms with Gasteiger partial charge in [0.1, 0.15) is 0 Å². The summed E-state index contributed by atoms with van der Waals surface area (Å²) >= 11 is 0. The van der Waals surface area contributed by atoms with Crippen molar-refractivity contribution in [1.29, 1.82) is 0 Å². The highest BCUT2D eigenvalue weighted by molar-refractivity contribution is 8.76. The van der Waals surface area contributed by atoms with Gasteiger partial charge in [-0.2, -0.15) is 0 Å². The molecule has 0 aromatic rings. The second-order valence-corrected chi connectivity index (χ2v) is 15.6. The third-order valence-corrected chi connectivity index (χ3v) is 15.7. The van der Waals surface area contributed by atoms with Crippen molar-refractivity contribution in [3.63, 3.8) is 0 Å². The minimum atomic E-state index is -1.66. The monoisotopic (exact) mass is 498 g/mol. The number of rotatable bonds is 21. The topological polar surface area (TPSA) is 36.9 Å². The third kappa shape index (κ3) is 9.85. The summed E-state index contributed by atoms with van der Waals surface area (Å²) in [5, 5.41) is 0.496. The van der Waals surface area contributed by atoms with E-state index in [0.29, 0.717) is 0 Å². The van der Waals surface area contributed by atoms with Crippen LogP contribution in [0.1, 0.15) is 93.9 Å². The van der Waals surface area contributed by atoms with Crippen LogP contribution < -0.4 is 0 Å². The predicted molar refractivity (Wildman–Crippen MR) is 142 cm³/mol. The highest BCUT2D eigenvalue weighted by atomic mass is 33.1. The van der Waals surface area contributed by atoms with Gasteiger partial charge in [0.25, 0.3) is 0 Å². The van der Waals surface area contributed by atoms with Crippen molar-refractivity contribution in [2.45, 2.75) is 104 Å². The molecule has 0 rings (SSSR count). The normalized spacial score (nSPS) is 13.0. The Morgan fingerprint density at radius 1 is 0.500 bits per heavy atom. The summed E-state index contributed by atoms with van der Waals surface area (Å²) in [5.41, 5.74) is 0. The first-order chi connectivity index (χ1) is 14.5. The quantitative estimate of drug-likeness (QED) is 0.0977. The maximum Gasteiger partial charge on any atom is 0.327 e. The van der Waals surface area contributed by atoms with E-state index in [1.54, 1.807) is 0 Å². The zero-order valence-electron chi connectivity index (χ0n) is 21.1. The molecule has 0 amide bonds. The highest BCUT2D eigenvalue weighted by Gasteiger charge is 2.41. The molecule has 0 spiro atoms. The average molecular weight is 499 g/mol. The van der Waals surface area contributed by atoms with E-state index in [4.69, 9.17) is 17.7 Å². The summed E-state index contributed by atoms with van der Waals surface area (Å²) in [6.07, 6.45) is 6.98. The molecule has 0 aliphatic heterocycles. The van der Waals surface area contributed by atoms with Crippen LogP contribution in [-0.2, 0) is 17.7 Å². The van der Waals surface area contributed by atoms with E-state index in [-0.39, 0.29) is 10.1 Å². The Kier molecular flexibility index (Phi) is 19.0. The average Bonchev–Trinajstić information content (AvgIpc) is 2.77. The second-order valence-electron chi connectivity index (χ2n) is 7.77. The number of hydrogen-bond donors (Lipinski definition) is 0. The van der Waals surface area contributed by atoms with Crippen LogP contribution in [0.3, 0.4) is 0 Å². The maximum atomic E-state index is 6.13. The van der Waals surface area contributed by atoms with Crippen molar-refractivity contribution in [3.8, 4) is 0 Å². The van der Waals surface area contributed by atoms with Crippen LogP contribution in [0.5, 0.6) is 0 Å². The van der Waals surface area contributed by atoms with Crippen LogP contribution in [0.4, 0.5) is 0 Å². The van der Waals surface area contributed by atoms with E-state index in [2.05, 4.69) is 55.4 Å². The van der Waals surface area contributed by atoms with E-state index in [1.807, 2.05) is 21.6 Å². The van der Waals surface area contributed by atoms with Gasteiger partial charge in [0.2, 0.25) is 0 Å². The molecule has 0 aromatic carbocycles. The SMILES string of the molecule is CCO[SiH](OCC)C(CC)(CC)CCSSCCC(CC)(CC)[SiH](OCC)OCC. The molecule has 0 aromatic heterocycles. The molecule has 0 bridgehead atoms. The second kappa shape index (κ2) is 18.4. The standard InChI is InChI=1S/C22H50O4S2Si2/c1-9-21(10-2,29(23-13-5)24-14-6)17-19-27-28-20-18-22(11-3,12-4)30(25-15-7)26-16-8/h29-30H,9-20H2,1-8H3. The molecule has 8 heteroatoms. The molecule has 0 saturated heterocycles. The lowest BCUT2D eigenvalue weighted by Crippen LogP contribution is -2.39. The predicted octanol–water partition coefficient (Wildman–Crippen LogP) is 6.86. The lowest BCUT2D eigenvalue weighted by Gasteiger charge is -2.37. The zero-order valence-corrected chi connectivity index (χ0v) is 25.0. The van der Waals surface area contributed by atoms with E-state index in [1.165, 1.54) is 24.3 Å². The Morgan fingerprint density at radius 3 is 0.967 bits per heavy atom. The lowest BCUT2D eigenvalue weighted by atomic mass is 9.99. The molecule has 0 radical (unpaired) electrons. The van der Waals surface area contributed by atoms with E-state index in [0.717, 1.165) is 52.1 Å². The van der Waals surface area contributed by atoms with E-state index >= 15 is 0 Å². The first-order valence-corrected chi connectivity index (χ1v) is 17.7. The van der Waals surface area contributed by atoms with Gasteiger partial charge in [-0.3, -0.25) is 0 Å². The Bertz CT molecular complexity index is 349. The van der Waals surface area contributed by atoms with Crippen molar-refractivity contribution in [2.75, 3.05) is 37.9 Å². The van der Waals surface area contributed by atoms with Crippen molar-refractivity contribution in [1.82, 2.24) is 0 Å². The molecule has 0 heterocycles. The first kappa shape index (κ1) is 31.0. The van der Waals surface area contributed by atoms with Gasteiger partial charge >= 0.3 is 18.6 Å². The molecule has 0 fully saturated rings. The molecule has 0 N–H and O–H groups in total. The molecule has 0 unspecified atom stereocenters. The fourth-order valence-corrected chi connectivity index (χ4v) is 11.9. The summed E-state index contributed by atoms with van der Waals surface area (Å²) in [5.74, 6) is 2.33. The van der Waals surface area contributed by atoms with Gasteiger partial charge in [0.15, 0.2) is 0 Å². The molecule has 0 aliphatic carbocycles. The largest absolute Gasteiger partial charge is 0.397 e. The Morgan fingerprint density at radius 2 is 0.767 bits per heavy atom. The Hall–Kier alpha value is 0.974. The molecule has 0 aliphatic rings. The minimum Gasteiger partial charge on any atom is -0.397 e. The van der Waals surface area contributed by atoms with Gasteiger partial charge in [0.05, 0.1) is 0 Å². The van der Waals surface area contributed by atoms with Crippen LogP contribution in [-0.4, -0.2) is 56.5 Å². The molecule has 30 heavy (non-hydrogen) atoms. The van der Waals surface area contributed by atoms with Crippen molar-refractivity contribution in [2.24, 2.45) is 0 Å². The Labute approximate surface area is 199 Å². The van der Waals surface area contributed by atoms with Crippen LogP contribution in [0.15, 0.2) is 0 Å². The molecular formula is C22H50O4S2Si2. The van der Waals surface area contributed by atoms with Crippen molar-refractivity contribution < 1.29 is 17.7 Å². The smallest absolute Gasteiger partial charge is 0.327 e. The van der Waals surface area contributed by atoms with Gasteiger partial charge in [0, 0.05) is 48.0 Å². The molecule has 0 saturated carbocycles. The highest BCUT2D eigenvalue weighted by Crippen LogP contribution is 2.47. The summed E-state index contributed by atoms with van der Waals surface area (Å²) < 4.78 is 24.5. The Balaban J connectivity index is 4.72. The first-order valence-electron chi connectivity index (χ1n) is 12.2. The summed E-state index contributed by atoms with van der Waals surface area (Å²) in [7, 11) is 0.731. The minimum absolute atomic E-state index is 0.248. The fraction of sp³-hybridized carbons (Fsp3) is 1.00. The molecular weight excluding hydrogens is 449 g/mol. The number of hydrogen-bond acceptors (Lipinski definition) is 6. The zero-order chi connectivity index (χ0) is 22.9. The van der Waals surface area contributed by atoms with Crippen LogP contribution in [0, 0.1) is 0 Å². The lowest BCUT2D eigenvalue weighted by molar-refractivity contribution is 0.177. The molecule has 0 atom stereocenters. The van der Waals surface area contributed by atoms with Gasteiger partial charge in [-0.1, -0.05) is 49.3 Å². The van der Waals surface area contributed by atoms with Crippen LogP contribution in [0.2, 0.25) is 10.1 Å². The molecule has 4 nitrogen and oxygen atoms in total. The molecule has 182 valence electrons.